The minimum atomic E-state index is -0.223. The van der Waals surface area contributed by atoms with E-state index in [4.69, 9.17) is 9.84 Å². The SMILES string of the molecule is CCCC(CCO)CNC1c2ccccc2OC1(C)C. The van der Waals surface area contributed by atoms with Gasteiger partial charge in [0.15, 0.2) is 0 Å². The Kier molecular flexibility index (Phi) is 5.06. The number of nitrogens with one attached hydrogen (secondary N) is 1. The van der Waals surface area contributed by atoms with Crippen molar-refractivity contribution in [1.29, 1.82) is 0 Å². The zero-order valence-corrected chi connectivity index (χ0v) is 12.9. The molecule has 2 unspecified atom stereocenters. The summed E-state index contributed by atoms with van der Waals surface area (Å²) in [4.78, 5) is 0. The van der Waals surface area contributed by atoms with E-state index in [1.165, 1.54) is 5.56 Å². The summed E-state index contributed by atoms with van der Waals surface area (Å²) in [6.07, 6.45) is 3.19. The number of para-hydroxylation sites is 1. The van der Waals surface area contributed by atoms with E-state index in [1.807, 2.05) is 12.1 Å². The van der Waals surface area contributed by atoms with E-state index in [0.717, 1.165) is 31.6 Å². The Labute approximate surface area is 122 Å². The van der Waals surface area contributed by atoms with E-state index in [0.29, 0.717) is 5.92 Å². The van der Waals surface area contributed by atoms with E-state index < -0.39 is 0 Å². The summed E-state index contributed by atoms with van der Waals surface area (Å²) >= 11 is 0. The maximum atomic E-state index is 9.16. The summed E-state index contributed by atoms with van der Waals surface area (Å²) in [6.45, 7) is 7.66. The fraction of sp³-hybridized carbons (Fsp3) is 0.647. The molecule has 3 nitrogen and oxygen atoms in total. The molecule has 0 bridgehead atoms. The van der Waals surface area contributed by atoms with Crippen LogP contribution in [0, 0.1) is 5.92 Å². The largest absolute Gasteiger partial charge is 0.486 e. The number of aliphatic hydroxyl groups excluding tert-OH is 1. The number of ether oxygens (including phenoxy) is 1. The van der Waals surface area contributed by atoms with E-state index in [1.54, 1.807) is 0 Å². The number of rotatable bonds is 7. The van der Waals surface area contributed by atoms with Crippen molar-refractivity contribution in [1.82, 2.24) is 5.32 Å². The van der Waals surface area contributed by atoms with Gasteiger partial charge in [-0.05, 0) is 45.2 Å². The lowest BCUT2D eigenvalue weighted by molar-refractivity contribution is 0.0933. The quantitative estimate of drug-likeness (QED) is 0.803. The second-order valence-electron chi connectivity index (χ2n) is 6.25. The minimum absolute atomic E-state index is 0.219. The maximum absolute atomic E-state index is 9.16. The van der Waals surface area contributed by atoms with E-state index >= 15 is 0 Å². The van der Waals surface area contributed by atoms with Gasteiger partial charge < -0.3 is 15.2 Å². The van der Waals surface area contributed by atoms with Crippen LogP contribution in [0.4, 0.5) is 0 Å². The number of hydrogen-bond acceptors (Lipinski definition) is 3. The third kappa shape index (κ3) is 3.33. The molecule has 2 N–H and O–H groups in total. The Bertz CT molecular complexity index is 425. The van der Waals surface area contributed by atoms with Gasteiger partial charge in [0.25, 0.3) is 0 Å². The van der Waals surface area contributed by atoms with Crippen molar-refractivity contribution in [2.45, 2.75) is 51.7 Å². The second-order valence-corrected chi connectivity index (χ2v) is 6.25. The average Bonchev–Trinajstić information content (AvgIpc) is 2.66. The Balaban J connectivity index is 2.04. The molecule has 0 aliphatic carbocycles. The summed E-state index contributed by atoms with van der Waals surface area (Å²) in [5.41, 5.74) is 1.02. The van der Waals surface area contributed by atoms with Crippen molar-refractivity contribution in [2.75, 3.05) is 13.2 Å². The molecule has 0 radical (unpaired) electrons. The molecule has 0 fully saturated rings. The topological polar surface area (TPSA) is 41.5 Å². The summed E-state index contributed by atoms with van der Waals surface area (Å²) in [5, 5.41) is 12.8. The molecule has 20 heavy (non-hydrogen) atoms. The van der Waals surface area contributed by atoms with Crippen LogP contribution in [0.2, 0.25) is 0 Å². The van der Waals surface area contributed by atoms with Crippen LogP contribution in [0.1, 0.15) is 51.6 Å². The smallest absolute Gasteiger partial charge is 0.125 e. The molecule has 2 atom stereocenters. The first-order valence-electron chi connectivity index (χ1n) is 7.70. The van der Waals surface area contributed by atoms with Crippen LogP contribution in [0.25, 0.3) is 0 Å². The van der Waals surface area contributed by atoms with Gasteiger partial charge in [0, 0.05) is 12.2 Å². The maximum Gasteiger partial charge on any atom is 0.125 e. The second kappa shape index (κ2) is 6.59. The fourth-order valence-electron chi connectivity index (χ4n) is 3.11. The molecule has 1 aromatic carbocycles. The zero-order chi connectivity index (χ0) is 14.6. The molecule has 1 aliphatic rings. The van der Waals surface area contributed by atoms with Gasteiger partial charge in [0.1, 0.15) is 11.4 Å². The van der Waals surface area contributed by atoms with Gasteiger partial charge in [-0.15, -0.1) is 0 Å². The Hall–Kier alpha value is -1.06. The van der Waals surface area contributed by atoms with Gasteiger partial charge in [-0.3, -0.25) is 0 Å². The van der Waals surface area contributed by atoms with Crippen LogP contribution >= 0.6 is 0 Å². The van der Waals surface area contributed by atoms with E-state index in [9.17, 15) is 0 Å². The molecule has 3 heteroatoms. The van der Waals surface area contributed by atoms with Crippen LogP contribution in [0.15, 0.2) is 24.3 Å². The first kappa shape index (κ1) is 15.3. The predicted molar refractivity (Wildman–Crippen MR) is 82.0 cm³/mol. The highest BCUT2D eigenvalue weighted by molar-refractivity contribution is 5.42. The molecular weight excluding hydrogens is 250 g/mol. The molecule has 0 amide bonds. The van der Waals surface area contributed by atoms with Crippen molar-refractivity contribution >= 4 is 0 Å². The van der Waals surface area contributed by atoms with Crippen molar-refractivity contribution in [3.05, 3.63) is 29.8 Å². The third-order valence-corrected chi connectivity index (χ3v) is 4.14. The normalized spacial score (nSPS) is 21.3. The lowest BCUT2D eigenvalue weighted by Crippen LogP contribution is -2.41. The molecule has 112 valence electrons. The number of fused-ring (bicyclic) bond motifs is 1. The summed E-state index contributed by atoms with van der Waals surface area (Å²) < 4.78 is 6.05. The lowest BCUT2D eigenvalue weighted by Gasteiger charge is -2.29. The van der Waals surface area contributed by atoms with E-state index in [2.05, 4.69) is 38.2 Å². The minimum Gasteiger partial charge on any atom is -0.486 e. The van der Waals surface area contributed by atoms with Crippen molar-refractivity contribution < 1.29 is 9.84 Å². The Morgan fingerprint density at radius 3 is 2.75 bits per heavy atom. The van der Waals surface area contributed by atoms with Crippen LogP contribution in [-0.4, -0.2) is 23.9 Å². The summed E-state index contributed by atoms with van der Waals surface area (Å²) in [5.74, 6) is 1.53. The zero-order valence-electron chi connectivity index (χ0n) is 12.9. The molecule has 0 aromatic heterocycles. The van der Waals surface area contributed by atoms with Crippen LogP contribution in [0.5, 0.6) is 5.75 Å². The first-order valence-corrected chi connectivity index (χ1v) is 7.70. The van der Waals surface area contributed by atoms with Gasteiger partial charge >= 0.3 is 0 Å². The van der Waals surface area contributed by atoms with Crippen LogP contribution in [0.3, 0.4) is 0 Å². The molecule has 2 rings (SSSR count). The highest BCUT2D eigenvalue weighted by Crippen LogP contribution is 2.42. The van der Waals surface area contributed by atoms with Crippen LogP contribution < -0.4 is 10.1 Å². The molecule has 0 spiro atoms. The number of aliphatic hydroxyl groups is 1. The molecule has 0 saturated carbocycles. The van der Waals surface area contributed by atoms with Gasteiger partial charge in [-0.1, -0.05) is 31.5 Å². The Morgan fingerprint density at radius 1 is 1.30 bits per heavy atom. The Morgan fingerprint density at radius 2 is 2.05 bits per heavy atom. The predicted octanol–water partition coefficient (Wildman–Crippen LogP) is 3.29. The van der Waals surface area contributed by atoms with Gasteiger partial charge in [-0.25, -0.2) is 0 Å². The average molecular weight is 277 g/mol. The standard InChI is InChI=1S/C17H27NO2/c1-4-7-13(10-11-19)12-18-16-14-8-5-6-9-15(14)20-17(16,2)3/h5-6,8-9,13,16,18-19H,4,7,10-12H2,1-3H3. The van der Waals surface area contributed by atoms with E-state index in [-0.39, 0.29) is 18.2 Å². The highest BCUT2D eigenvalue weighted by atomic mass is 16.5. The number of benzene rings is 1. The molecular formula is C17H27NO2. The molecule has 1 heterocycles. The van der Waals surface area contributed by atoms with Crippen molar-refractivity contribution in [3.8, 4) is 5.75 Å². The van der Waals surface area contributed by atoms with Gasteiger partial charge in [0.05, 0.1) is 6.04 Å². The fourth-order valence-corrected chi connectivity index (χ4v) is 3.11. The monoisotopic (exact) mass is 277 g/mol. The summed E-state index contributed by atoms with van der Waals surface area (Å²) in [6, 6.07) is 8.48. The number of hydrogen-bond donors (Lipinski definition) is 2. The highest BCUT2D eigenvalue weighted by Gasteiger charge is 2.40. The molecule has 0 saturated heterocycles. The van der Waals surface area contributed by atoms with Gasteiger partial charge in [-0.2, -0.15) is 0 Å². The lowest BCUT2D eigenvalue weighted by atomic mass is 9.93. The first-order chi connectivity index (χ1) is 9.58. The molecule has 1 aliphatic heterocycles. The molecule has 1 aromatic rings. The third-order valence-electron chi connectivity index (χ3n) is 4.14. The van der Waals surface area contributed by atoms with Gasteiger partial charge in [0.2, 0.25) is 0 Å². The van der Waals surface area contributed by atoms with Crippen molar-refractivity contribution in [2.24, 2.45) is 5.92 Å². The summed E-state index contributed by atoms with van der Waals surface area (Å²) in [7, 11) is 0. The van der Waals surface area contributed by atoms with Crippen molar-refractivity contribution in [3.63, 3.8) is 0 Å². The van der Waals surface area contributed by atoms with Crippen LogP contribution in [-0.2, 0) is 0 Å².